The quantitative estimate of drug-likeness (QED) is 0.840. The van der Waals surface area contributed by atoms with E-state index in [1.165, 1.54) is 19.2 Å². The molecule has 0 fully saturated rings. The number of aliphatic hydroxyl groups is 1. The van der Waals surface area contributed by atoms with Gasteiger partial charge in [-0.2, -0.15) is 13.2 Å². The number of benzene rings is 1. The summed E-state index contributed by atoms with van der Waals surface area (Å²) < 4.78 is 47.1. The Balaban J connectivity index is 2.45. The molecule has 1 N–H and O–H groups in total. The van der Waals surface area contributed by atoms with E-state index >= 15 is 0 Å². The normalized spacial score (nSPS) is 23.3. The lowest BCUT2D eigenvalue weighted by atomic mass is 9.98. The van der Waals surface area contributed by atoms with Crippen LogP contribution in [-0.4, -0.2) is 30.0 Å². The number of Topliss-reactive ketones (excluding diaryl/α,β-unsaturated/α-hetero) is 1. The van der Waals surface area contributed by atoms with Gasteiger partial charge in [0.05, 0.1) is 19.1 Å². The van der Waals surface area contributed by atoms with Gasteiger partial charge in [-0.3, -0.25) is 4.79 Å². The van der Waals surface area contributed by atoms with E-state index in [2.05, 4.69) is 4.74 Å². The summed E-state index contributed by atoms with van der Waals surface area (Å²) in [5.74, 6) is -4.31. The Morgan fingerprint density at radius 1 is 1.44 bits per heavy atom. The van der Waals surface area contributed by atoms with Crippen LogP contribution < -0.4 is 9.47 Å². The summed E-state index contributed by atoms with van der Waals surface area (Å²) in [6.07, 6.45) is -6.21. The Kier molecular flexibility index (Phi) is 2.73. The molecule has 0 spiro atoms. The van der Waals surface area contributed by atoms with Crippen LogP contribution >= 0.6 is 0 Å². The number of alkyl halides is 3. The molecular weight excluding hydrogens is 253 g/mol. The van der Waals surface area contributed by atoms with Crippen molar-refractivity contribution in [1.29, 1.82) is 0 Å². The van der Waals surface area contributed by atoms with Crippen molar-refractivity contribution in [3.63, 3.8) is 0 Å². The molecule has 1 atom stereocenters. The first-order valence-corrected chi connectivity index (χ1v) is 4.96. The minimum absolute atomic E-state index is 0.0386. The molecule has 0 aromatic heterocycles. The molecular formula is C11H9F3O4. The highest BCUT2D eigenvalue weighted by Crippen LogP contribution is 2.42. The summed E-state index contributed by atoms with van der Waals surface area (Å²) in [5.41, 5.74) is -0.0386. The number of methoxy groups -OCH3 is 1. The van der Waals surface area contributed by atoms with Crippen LogP contribution in [0.2, 0.25) is 0 Å². The average Bonchev–Trinajstić information content (AvgIpc) is 2.27. The first-order valence-electron chi connectivity index (χ1n) is 4.96. The third kappa shape index (κ3) is 1.90. The highest BCUT2D eigenvalue weighted by atomic mass is 19.4. The molecule has 18 heavy (non-hydrogen) atoms. The van der Waals surface area contributed by atoms with Crippen LogP contribution in [0.25, 0.3) is 0 Å². The largest absolute Gasteiger partial charge is 0.497 e. The number of halogens is 3. The predicted molar refractivity (Wildman–Crippen MR) is 53.6 cm³/mol. The van der Waals surface area contributed by atoms with E-state index in [-0.39, 0.29) is 11.3 Å². The lowest BCUT2D eigenvalue weighted by molar-refractivity contribution is -0.334. The molecule has 1 aromatic carbocycles. The third-order valence-corrected chi connectivity index (χ3v) is 2.61. The van der Waals surface area contributed by atoms with Gasteiger partial charge in [0.1, 0.15) is 11.5 Å². The number of carbonyl (C=O) groups is 1. The lowest BCUT2D eigenvalue weighted by Gasteiger charge is -2.34. The minimum atomic E-state index is -5.04. The zero-order valence-electron chi connectivity index (χ0n) is 9.25. The Hall–Kier alpha value is -1.76. The zero-order chi connectivity index (χ0) is 13.6. The first-order chi connectivity index (χ1) is 8.27. The Bertz CT molecular complexity index is 498. The Labute approximate surface area is 99.9 Å². The molecule has 2 rings (SSSR count). The van der Waals surface area contributed by atoms with E-state index in [1.54, 1.807) is 0 Å². The molecule has 1 aliphatic rings. The first kappa shape index (κ1) is 12.7. The van der Waals surface area contributed by atoms with Crippen LogP contribution in [0.5, 0.6) is 11.5 Å². The maximum absolute atomic E-state index is 12.6. The van der Waals surface area contributed by atoms with E-state index in [0.29, 0.717) is 5.75 Å². The van der Waals surface area contributed by atoms with Gasteiger partial charge in [-0.1, -0.05) is 0 Å². The standard InChI is InChI=1S/C11H9F3O4/c1-17-6-2-3-9-7(4-6)8(15)5-10(16,18-9)11(12,13)14/h2-4,16H,5H2,1H3/t10-/m0/s1. The van der Waals surface area contributed by atoms with Gasteiger partial charge < -0.3 is 14.6 Å². The van der Waals surface area contributed by atoms with Crippen LogP contribution in [0.15, 0.2) is 18.2 Å². The second-order valence-electron chi connectivity index (χ2n) is 3.85. The monoisotopic (exact) mass is 262 g/mol. The van der Waals surface area contributed by atoms with Crippen LogP contribution in [0.1, 0.15) is 16.8 Å². The maximum atomic E-state index is 12.6. The number of fused-ring (bicyclic) bond motifs is 1. The summed E-state index contributed by atoms with van der Waals surface area (Å²) in [7, 11) is 1.36. The molecule has 0 amide bonds. The van der Waals surface area contributed by atoms with Crippen molar-refractivity contribution in [2.24, 2.45) is 0 Å². The molecule has 0 aliphatic carbocycles. The molecule has 1 aromatic rings. The molecule has 4 nitrogen and oxygen atoms in total. The highest BCUT2D eigenvalue weighted by molar-refractivity contribution is 6.00. The van der Waals surface area contributed by atoms with Gasteiger partial charge in [0.15, 0.2) is 5.78 Å². The SMILES string of the molecule is COc1ccc2c(c1)C(=O)C[C@@](O)(C(F)(F)F)O2. The van der Waals surface area contributed by atoms with Crippen LogP contribution in [-0.2, 0) is 0 Å². The zero-order valence-corrected chi connectivity index (χ0v) is 9.25. The molecule has 1 heterocycles. The number of ether oxygens (including phenoxy) is 2. The molecule has 0 unspecified atom stereocenters. The van der Waals surface area contributed by atoms with Gasteiger partial charge in [0, 0.05) is 0 Å². The van der Waals surface area contributed by atoms with Crippen LogP contribution in [0, 0.1) is 0 Å². The van der Waals surface area contributed by atoms with E-state index in [0.717, 1.165) is 6.07 Å². The molecule has 98 valence electrons. The lowest BCUT2D eigenvalue weighted by Crippen LogP contribution is -2.53. The highest BCUT2D eigenvalue weighted by Gasteiger charge is 2.60. The van der Waals surface area contributed by atoms with Crippen molar-refractivity contribution in [1.82, 2.24) is 0 Å². The van der Waals surface area contributed by atoms with Crippen molar-refractivity contribution in [3.8, 4) is 11.5 Å². The number of hydrogen-bond acceptors (Lipinski definition) is 4. The second-order valence-corrected chi connectivity index (χ2v) is 3.85. The van der Waals surface area contributed by atoms with Crippen molar-refractivity contribution < 1.29 is 32.5 Å². The summed E-state index contributed by atoms with van der Waals surface area (Å²) in [6, 6.07) is 3.77. The fraction of sp³-hybridized carbons (Fsp3) is 0.364. The van der Waals surface area contributed by atoms with Crippen molar-refractivity contribution in [2.45, 2.75) is 18.4 Å². The summed E-state index contributed by atoms with van der Waals surface area (Å²) in [6.45, 7) is 0. The van der Waals surface area contributed by atoms with Crippen LogP contribution in [0.3, 0.4) is 0 Å². The van der Waals surface area contributed by atoms with Gasteiger partial charge in [0.25, 0.3) is 0 Å². The van der Waals surface area contributed by atoms with Gasteiger partial charge >= 0.3 is 12.0 Å². The topological polar surface area (TPSA) is 55.8 Å². The van der Waals surface area contributed by atoms with Crippen molar-refractivity contribution in [2.75, 3.05) is 7.11 Å². The Morgan fingerprint density at radius 2 is 2.11 bits per heavy atom. The fourth-order valence-electron chi connectivity index (χ4n) is 1.63. The molecule has 7 heteroatoms. The smallest absolute Gasteiger partial charge is 0.455 e. The minimum Gasteiger partial charge on any atom is -0.497 e. The Morgan fingerprint density at radius 3 is 2.67 bits per heavy atom. The second kappa shape index (κ2) is 3.88. The van der Waals surface area contributed by atoms with E-state index in [1.807, 2.05) is 0 Å². The number of carbonyl (C=O) groups excluding carboxylic acids is 1. The number of rotatable bonds is 1. The maximum Gasteiger partial charge on any atom is 0.455 e. The van der Waals surface area contributed by atoms with Crippen LogP contribution in [0.4, 0.5) is 13.2 Å². The summed E-state index contributed by atoms with van der Waals surface area (Å²) in [5, 5.41) is 9.35. The van der Waals surface area contributed by atoms with Gasteiger partial charge in [-0.05, 0) is 18.2 Å². The van der Waals surface area contributed by atoms with E-state index in [9.17, 15) is 23.1 Å². The molecule has 0 radical (unpaired) electrons. The van der Waals surface area contributed by atoms with E-state index in [4.69, 9.17) is 4.74 Å². The van der Waals surface area contributed by atoms with E-state index < -0.39 is 24.2 Å². The molecule has 0 saturated carbocycles. The molecule has 0 bridgehead atoms. The number of ketones is 1. The van der Waals surface area contributed by atoms with Crippen molar-refractivity contribution in [3.05, 3.63) is 23.8 Å². The fourth-order valence-corrected chi connectivity index (χ4v) is 1.63. The molecule has 0 saturated heterocycles. The van der Waals surface area contributed by atoms with Gasteiger partial charge in [0.2, 0.25) is 0 Å². The van der Waals surface area contributed by atoms with Gasteiger partial charge in [-0.15, -0.1) is 0 Å². The number of hydrogen-bond donors (Lipinski definition) is 1. The average molecular weight is 262 g/mol. The summed E-state index contributed by atoms with van der Waals surface area (Å²) >= 11 is 0. The molecule has 1 aliphatic heterocycles. The predicted octanol–water partition coefficient (Wildman–Crippen LogP) is 1.91. The third-order valence-electron chi connectivity index (χ3n) is 2.61. The summed E-state index contributed by atoms with van der Waals surface area (Å²) in [4.78, 5) is 11.6. The van der Waals surface area contributed by atoms with Crippen molar-refractivity contribution >= 4 is 5.78 Å². The van der Waals surface area contributed by atoms with Gasteiger partial charge in [-0.25, -0.2) is 0 Å².